The van der Waals surface area contributed by atoms with Gasteiger partial charge in [0, 0.05) is 36.1 Å². The number of carbonyl (C=O) groups is 1. The molecule has 5 rings (SSSR count). The van der Waals surface area contributed by atoms with Gasteiger partial charge in [-0.1, -0.05) is 49.2 Å². The summed E-state index contributed by atoms with van der Waals surface area (Å²) in [4.78, 5) is 18.9. The number of benzene rings is 2. The van der Waals surface area contributed by atoms with E-state index < -0.39 is 0 Å². The van der Waals surface area contributed by atoms with E-state index in [0.717, 1.165) is 54.7 Å². The average Bonchev–Trinajstić information content (AvgIpc) is 3.17. The Kier molecular flexibility index (Phi) is 8.01. The molecule has 6 nitrogen and oxygen atoms in total. The summed E-state index contributed by atoms with van der Waals surface area (Å²) >= 11 is 0. The van der Waals surface area contributed by atoms with Crippen LogP contribution in [0.2, 0.25) is 0 Å². The second kappa shape index (κ2) is 11.7. The number of rotatable bonds is 8. The molecule has 0 spiro atoms. The van der Waals surface area contributed by atoms with Gasteiger partial charge in [-0.15, -0.1) is 0 Å². The van der Waals surface area contributed by atoms with E-state index in [1.165, 1.54) is 38.6 Å². The maximum Gasteiger partial charge on any atom is 0.267 e. The Balaban J connectivity index is 1.12. The molecule has 2 saturated heterocycles. The van der Waals surface area contributed by atoms with Crippen LogP contribution in [0.1, 0.15) is 61.0 Å². The Labute approximate surface area is 208 Å². The van der Waals surface area contributed by atoms with Crippen LogP contribution in [0.3, 0.4) is 0 Å². The summed E-state index contributed by atoms with van der Waals surface area (Å²) in [6.45, 7) is 4.95. The van der Waals surface area contributed by atoms with E-state index in [-0.39, 0.29) is 11.9 Å². The van der Waals surface area contributed by atoms with Crippen molar-refractivity contribution in [2.24, 2.45) is 0 Å². The number of likely N-dealkylation sites (tertiary alicyclic amines) is 1. The molecule has 1 aromatic heterocycles. The molecule has 2 aromatic carbocycles. The number of ether oxygens (including phenoxy) is 1. The standard InChI is InChI=1S/C29H38N4O2/c34-29(31-24-14-18-33(19-15-24)17-13-23-10-5-2-6-16-30-23)27-20-25-26(32-27)11-7-12-28(25)35-21-22-8-3-1-4-9-22/h1,3-4,7-9,11-12,20,23-24,30,32H,2,5-6,10,13-19,21H2,(H,31,34). The quantitative estimate of drug-likeness (QED) is 0.436. The first-order valence-electron chi connectivity index (χ1n) is 13.3. The van der Waals surface area contributed by atoms with Gasteiger partial charge in [0.1, 0.15) is 18.1 Å². The molecule has 2 aliphatic rings. The summed E-state index contributed by atoms with van der Waals surface area (Å²) in [6, 6.07) is 18.9. The molecular weight excluding hydrogens is 436 g/mol. The highest BCUT2D eigenvalue weighted by Gasteiger charge is 2.23. The minimum atomic E-state index is -0.0312. The molecular formula is C29H38N4O2. The molecule has 6 heteroatoms. The van der Waals surface area contributed by atoms with E-state index in [0.29, 0.717) is 18.3 Å². The van der Waals surface area contributed by atoms with Crippen LogP contribution in [0.4, 0.5) is 0 Å². The maximum absolute atomic E-state index is 13.0. The molecule has 1 atom stereocenters. The van der Waals surface area contributed by atoms with Crippen LogP contribution in [0.25, 0.3) is 10.9 Å². The van der Waals surface area contributed by atoms with Crippen molar-refractivity contribution in [2.45, 2.75) is 63.6 Å². The zero-order valence-electron chi connectivity index (χ0n) is 20.6. The molecule has 1 unspecified atom stereocenters. The summed E-state index contributed by atoms with van der Waals surface area (Å²) in [5.74, 6) is 0.759. The second-order valence-corrected chi connectivity index (χ2v) is 10.1. The Morgan fingerprint density at radius 2 is 1.86 bits per heavy atom. The van der Waals surface area contributed by atoms with Crippen molar-refractivity contribution in [1.29, 1.82) is 0 Å². The van der Waals surface area contributed by atoms with Gasteiger partial charge in [-0.2, -0.15) is 0 Å². The highest BCUT2D eigenvalue weighted by atomic mass is 16.5. The fourth-order valence-electron chi connectivity index (χ4n) is 5.36. The third-order valence-electron chi connectivity index (χ3n) is 7.48. The minimum absolute atomic E-state index is 0.0312. The van der Waals surface area contributed by atoms with Gasteiger partial charge >= 0.3 is 0 Å². The first kappa shape index (κ1) is 23.9. The van der Waals surface area contributed by atoms with Crippen molar-refractivity contribution in [3.8, 4) is 5.75 Å². The molecule has 3 heterocycles. The van der Waals surface area contributed by atoms with Crippen LogP contribution >= 0.6 is 0 Å². The van der Waals surface area contributed by atoms with E-state index in [9.17, 15) is 4.79 Å². The van der Waals surface area contributed by atoms with E-state index in [4.69, 9.17) is 4.74 Å². The first-order valence-corrected chi connectivity index (χ1v) is 13.3. The molecule has 35 heavy (non-hydrogen) atoms. The van der Waals surface area contributed by atoms with Crippen molar-refractivity contribution >= 4 is 16.8 Å². The van der Waals surface area contributed by atoms with Gasteiger partial charge in [0.25, 0.3) is 5.91 Å². The van der Waals surface area contributed by atoms with Gasteiger partial charge in [0.05, 0.1) is 0 Å². The number of aromatic nitrogens is 1. The molecule has 2 aliphatic heterocycles. The van der Waals surface area contributed by atoms with E-state index in [1.54, 1.807) is 0 Å². The molecule has 2 fully saturated rings. The molecule has 186 valence electrons. The number of hydrogen-bond donors (Lipinski definition) is 3. The number of nitrogens with one attached hydrogen (secondary N) is 3. The Bertz CT molecular complexity index is 1080. The van der Waals surface area contributed by atoms with Gasteiger partial charge in [0.15, 0.2) is 0 Å². The SMILES string of the molecule is O=C(NC1CCN(CCC2CCCCCN2)CC1)c1cc2c(OCc3ccccc3)cccc2[nH]1. The summed E-state index contributed by atoms with van der Waals surface area (Å²) in [5, 5.41) is 7.91. The van der Waals surface area contributed by atoms with Crippen molar-refractivity contribution in [1.82, 2.24) is 20.5 Å². The zero-order chi connectivity index (χ0) is 23.9. The smallest absolute Gasteiger partial charge is 0.267 e. The number of nitrogens with zero attached hydrogens (tertiary/aromatic N) is 1. The lowest BCUT2D eigenvalue weighted by Gasteiger charge is -2.33. The monoisotopic (exact) mass is 474 g/mol. The summed E-state index contributed by atoms with van der Waals surface area (Å²) in [6.07, 6.45) is 8.62. The number of fused-ring (bicyclic) bond motifs is 1. The van der Waals surface area contributed by atoms with Gasteiger partial charge in [-0.25, -0.2) is 0 Å². The van der Waals surface area contributed by atoms with Gasteiger partial charge in [-0.05, 0) is 69.0 Å². The van der Waals surface area contributed by atoms with Crippen LogP contribution in [-0.4, -0.2) is 54.1 Å². The topological polar surface area (TPSA) is 69.4 Å². The lowest BCUT2D eigenvalue weighted by Crippen LogP contribution is -2.45. The minimum Gasteiger partial charge on any atom is -0.488 e. The number of hydrogen-bond acceptors (Lipinski definition) is 4. The van der Waals surface area contributed by atoms with Gasteiger partial charge in [-0.3, -0.25) is 4.79 Å². The van der Waals surface area contributed by atoms with Crippen LogP contribution in [-0.2, 0) is 6.61 Å². The molecule has 3 N–H and O–H groups in total. The fraction of sp³-hybridized carbons (Fsp3) is 0.483. The number of piperidine rings is 1. The molecule has 0 radical (unpaired) electrons. The lowest BCUT2D eigenvalue weighted by molar-refractivity contribution is 0.0905. The number of amides is 1. The van der Waals surface area contributed by atoms with E-state index in [1.807, 2.05) is 42.5 Å². The van der Waals surface area contributed by atoms with E-state index >= 15 is 0 Å². The molecule has 0 aliphatic carbocycles. The molecule has 1 amide bonds. The highest BCUT2D eigenvalue weighted by Crippen LogP contribution is 2.27. The molecule has 0 saturated carbocycles. The largest absolute Gasteiger partial charge is 0.488 e. The predicted molar refractivity (Wildman–Crippen MR) is 141 cm³/mol. The third-order valence-corrected chi connectivity index (χ3v) is 7.48. The third kappa shape index (κ3) is 6.44. The Hall–Kier alpha value is -2.83. The van der Waals surface area contributed by atoms with Crippen molar-refractivity contribution in [2.75, 3.05) is 26.2 Å². The maximum atomic E-state index is 13.0. The van der Waals surface area contributed by atoms with Crippen LogP contribution in [0, 0.1) is 0 Å². The number of H-pyrrole nitrogens is 1. The Morgan fingerprint density at radius 1 is 1.00 bits per heavy atom. The van der Waals surface area contributed by atoms with Crippen LogP contribution in [0.15, 0.2) is 54.6 Å². The normalized spacial score (nSPS) is 19.9. The number of aromatic amines is 1. The van der Waals surface area contributed by atoms with Crippen LogP contribution in [0.5, 0.6) is 5.75 Å². The zero-order valence-corrected chi connectivity index (χ0v) is 20.6. The van der Waals surface area contributed by atoms with Crippen molar-refractivity contribution < 1.29 is 9.53 Å². The summed E-state index contributed by atoms with van der Waals surface area (Å²) in [5.41, 5.74) is 2.63. The van der Waals surface area contributed by atoms with E-state index in [2.05, 4.69) is 32.7 Å². The number of carbonyl (C=O) groups excluding carboxylic acids is 1. The summed E-state index contributed by atoms with van der Waals surface area (Å²) in [7, 11) is 0. The Morgan fingerprint density at radius 3 is 2.71 bits per heavy atom. The lowest BCUT2D eigenvalue weighted by atomic mass is 10.0. The predicted octanol–water partition coefficient (Wildman–Crippen LogP) is 4.86. The average molecular weight is 475 g/mol. The van der Waals surface area contributed by atoms with Crippen molar-refractivity contribution in [3.05, 3.63) is 65.9 Å². The van der Waals surface area contributed by atoms with Gasteiger partial charge < -0.3 is 25.3 Å². The first-order chi connectivity index (χ1) is 17.2. The van der Waals surface area contributed by atoms with Crippen molar-refractivity contribution in [3.63, 3.8) is 0 Å². The van der Waals surface area contributed by atoms with Crippen LogP contribution < -0.4 is 15.4 Å². The fourth-order valence-corrected chi connectivity index (χ4v) is 5.36. The highest BCUT2D eigenvalue weighted by molar-refractivity contribution is 5.99. The molecule has 3 aromatic rings. The summed E-state index contributed by atoms with van der Waals surface area (Å²) < 4.78 is 6.07. The second-order valence-electron chi connectivity index (χ2n) is 10.1. The molecule has 0 bridgehead atoms. The van der Waals surface area contributed by atoms with Gasteiger partial charge in [0.2, 0.25) is 0 Å².